The van der Waals surface area contributed by atoms with Crippen LogP contribution in [0.4, 0.5) is 0 Å². The maximum Gasteiger partial charge on any atom is 0.153 e. The fourth-order valence-corrected chi connectivity index (χ4v) is 0.959. The van der Waals surface area contributed by atoms with Crippen LogP contribution in [0.15, 0.2) is 24.9 Å². The van der Waals surface area contributed by atoms with E-state index in [1.165, 1.54) is 12.3 Å². The van der Waals surface area contributed by atoms with Crippen LogP contribution < -0.4 is 4.74 Å². The monoisotopic (exact) mass is 197 g/mol. The average molecular weight is 198 g/mol. The first-order valence-corrected chi connectivity index (χ1v) is 4.00. The van der Waals surface area contributed by atoms with Crippen LogP contribution in [0.1, 0.15) is 10.4 Å². The smallest absolute Gasteiger partial charge is 0.153 e. The number of carbonyl (C=O) groups excluding carboxylic acids is 1. The maximum absolute atomic E-state index is 10.6. The first-order valence-electron chi connectivity index (χ1n) is 3.62. The Morgan fingerprint density at radius 1 is 1.69 bits per heavy atom. The van der Waals surface area contributed by atoms with E-state index in [1.807, 2.05) is 0 Å². The van der Waals surface area contributed by atoms with Crippen molar-refractivity contribution in [2.45, 2.75) is 0 Å². The summed E-state index contributed by atoms with van der Waals surface area (Å²) in [5, 5.41) is 0.271. The summed E-state index contributed by atoms with van der Waals surface area (Å²) in [5.74, 6) is 0.416. The molecule has 1 rings (SSSR count). The van der Waals surface area contributed by atoms with Gasteiger partial charge in [0.2, 0.25) is 0 Å². The molecule has 0 bridgehead atoms. The summed E-state index contributed by atoms with van der Waals surface area (Å²) in [4.78, 5) is 14.3. The molecule has 0 aliphatic carbocycles. The summed E-state index contributed by atoms with van der Waals surface area (Å²) in [6.07, 6.45) is 3.67. The molecule has 0 aliphatic rings. The highest BCUT2D eigenvalue weighted by Gasteiger charge is 2.03. The first kappa shape index (κ1) is 9.74. The highest BCUT2D eigenvalue weighted by atomic mass is 35.5. The molecule has 3 nitrogen and oxygen atoms in total. The molecule has 0 N–H and O–H groups in total. The molecule has 1 heterocycles. The summed E-state index contributed by atoms with van der Waals surface area (Å²) < 4.78 is 5.16. The Labute approximate surface area is 81.0 Å². The van der Waals surface area contributed by atoms with Gasteiger partial charge in [-0.1, -0.05) is 24.3 Å². The largest absolute Gasteiger partial charge is 0.487 e. The highest BCUT2D eigenvalue weighted by molar-refractivity contribution is 6.29. The lowest BCUT2D eigenvalue weighted by Crippen LogP contribution is -1.97. The molecule has 0 radical (unpaired) electrons. The molecular weight excluding hydrogens is 190 g/mol. The van der Waals surface area contributed by atoms with Crippen LogP contribution in [-0.4, -0.2) is 17.9 Å². The number of hydrogen-bond acceptors (Lipinski definition) is 3. The topological polar surface area (TPSA) is 39.2 Å². The van der Waals surface area contributed by atoms with Gasteiger partial charge in [-0.3, -0.25) is 4.79 Å². The summed E-state index contributed by atoms with van der Waals surface area (Å²) >= 11 is 5.58. The van der Waals surface area contributed by atoms with Crippen molar-refractivity contribution < 1.29 is 9.53 Å². The van der Waals surface area contributed by atoms with Gasteiger partial charge in [0.25, 0.3) is 0 Å². The molecule has 0 amide bonds. The Morgan fingerprint density at radius 3 is 3.08 bits per heavy atom. The Bertz CT molecular complexity index is 325. The minimum absolute atomic E-state index is 0.271. The van der Waals surface area contributed by atoms with Gasteiger partial charge >= 0.3 is 0 Å². The molecule has 0 aromatic carbocycles. The van der Waals surface area contributed by atoms with E-state index in [2.05, 4.69) is 11.6 Å². The molecule has 68 valence electrons. The number of aldehydes is 1. The van der Waals surface area contributed by atoms with Crippen LogP contribution in [0.2, 0.25) is 5.15 Å². The lowest BCUT2D eigenvalue weighted by atomic mass is 10.3. The molecule has 0 saturated carbocycles. The Hall–Kier alpha value is -1.35. The molecule has 4 heteroatoms. The Balaban J connectivity index is 2.91. The standard InChI is InChI=1S/C9H8ClNO2/c1-2-3-13-8-5-11-9(10)4-7(8)6-12/h2,4-6H,1,3H2. The molecule has 0 aliphatic heterocycles. The molecule has 1 aromatic heterocycles. The van der Waals surface area contributed by atoms with Gasteiger partial charge in [0.05, 0.1) is 11.8 Å². The van der Waals surface area contributed by atoms with E-state index < -0.39 is 0 Å². The minimum Gasteiger partial charge on any atom is -0.487 e. The first-order chi connectivity index (χ1) is 6.27. The lowest BCUT2D eigenvalue weighted by molar-refractivity contribution is 0.112. The number of pyridine rings is 1. The zero-order valence-electron chi connectivity index (χ0n) is 6.87. The second kappa shape index (κ2) is 4.62. The third kappa shape index (κ3) is 2.56. The summed E-state index contributed by atoms with van der Waals surface area (Å²) in [5.41, 5.74) is 0.391. The van der Waals surface area contributed by atoms with E-state index in [0.29, 0.717) is 24.2 Å². The molecular formula is C9H8ClNO2. The number of halogens is 1. The van der Waals surface area contributed by atoms with Crippen molar-refractivity contribution in [3.63, 3.8) is 0 Å². The Morgan fingerprint density at radius 2 is 2.46 bits per heavy atom. The summed E-state index contributed by atoms with van der Waals surface area (Å²) in [7, 11) is 0. The number of rotatable bonds is 4. The van der Waals surface area contributed by atoms with Crippen LogP contribution in [0.3, 0.4) is 0 Å². The summed E-state index contributed by atoms with van der Waals surface area (Å²) in [6, 6.07) is 1.45. The van der Waals surface area contributed by atoms with Crippen molar-refractivity contribution in [2.24, 2.45) is 0 Å². The quantitative estimate of drug-likeness (QED) is 0.422. The predicted octanol–water partition coefficient (Wildman–Crippen LogP) is 2.11. The number of carbonyl (C=O) groups is 1. The zero-order valence-corrected chi connectivity index (χ0v) is 7.62. The van der Waals surface area contributed by atoms with Crippen molar-refractivity contribution in [2.75, 3.05) is 6.61 Å². The molecule has 1 aromatic rings. The fourth-order valence-electron chi connectivity index (χ4n) is 0.793. The van der Waals surface area contributed by atoms with Crippen LogP contribution in [0, 0.1) is 0 Å². The number of ether oxygens (including phenoxy) is 1. The van der Waals surface area contributed by atoms with E-state index >= 15 is 0 Å². The van der Waals surface area contributed by atoms with Gasteiger partial charge < -0.3 is 4.74 Å². The van der Waals surface area contributed by atoms with Crippen molar-refractivity contribution in [3.05, 3.63) is 35.6 Å². The van der Waals surface area contributed by atoms with E-state index in [0.717, 1.165) is 0 Å². The van der Waals surface area contributed by atoms with Crippen molar-refractivity contribution in [1.29, 1.82) is 0 Å². The highest BCUT2D eigenvalue weighted by Crippen LogP contribution is 2.18. The van der Waals surface area contributed by atoms with Crippen molar-refractivity contribution in [1.82, 2.24) is 4.98 Å². The minimum atomic E-state index is 0.271. The van der Waals surface area contributed by atoms with Gasteiger partial charge in [-0.2, -0.15) is 0 Å². The second-order valence-electron chi connectivity index (χ2n) is 2.26. The van der Waals surface area contributed by atoms with Crippen LogP contribution in [0.25, 0.3) is 0 Å². The van der Waals surface area contributed by atoms with E-state index in [-0.39, 0.29) is 5.15 Å². The van der Waals surface area contributed by atoms with E-state index in [4.69, 9.17) is 16.3 Å². The third-order valence-corrected chi connectivity index (χ3v) is 1.55. The zero-order chi connectivity index (χ0) is 9.68. The van der Waals surface area contributed by atoms with Crippen molar-refractivity contribution >= 4 is 17.9 Å². The number of nitrogens with zero attached hydrogens (tertiary/aromatic N) is 1. The molecule has 0 atom stereocenters. The van der Waals surface area contributed by atoms with Gasteiger partial charge in [0, 0.05) is 0 Å². The number of aromatic nitrogens is 1. The lowest BCUT2D eigenvalue weighted by Gasteiger charge is -2.04. The number of hydrogen-bond donors (Lipinski definition) is 0. The summed E-state index contributed by atoms with van der Waals surface area (Å²) in [6.45, 7) is 3.83. The van der Waals surface area contributed by atoms with Crippen LogP contribution >= 0.6 is 11.6 Å². The van der Waals surface area contributed by atoms with E-state index in [1.54, 1.807) is 6.08 Å². The van der Waals surface area contributed by atoms with Gasteiger partial charge in [0.15, 0.2) is 6.29 Å². The van der Waals surface area contributed by atoms with E-state index in [9.17, 15) is 4.79 Å². The maximum atomic E-state index is 10.6. The normalized spacial score (nSPS) is 9.31. The van der Waals surface area contributed by atoms with Crippen molar-refractivity contribution in [3.8, 4) is 5.75 Å². The van der Waals surface area contributed by atoms with Gasteiger partial charge in [-0.15, -0.1) is 0 Å². The van der Waals surface area contributed by atoms with Gasteiger partial charge in [-0.05, 0) is 6.07 Å². The predicted molar refractivity (Wildman–Crippen MR) is 50.3 cm³/mol. The molecule has 0 fully saturated rings. The Kier molecular flexibility index (Phi) is 3.46. The molecule has 0 saturated heterocycles. The molecule has 0 unspecified atom stereocenters. The fraction of sp³-hybridized carbons (Fsp3) is 0.111. The van der Waals surface area contributed by atoms with Gasteiger partial charge in [-0.25, -0.2) is 4.98 Å². The average Bonchev–Trinajstić information content (AvgIpc) is 2.16. The SMILES string of the molecule is C=CCOc1cnc(Cl)cc1C=O. The molecule has 0 spiro atoms. The second-order valence-corrected chi connectivity index (χ2v) is 2.65. The molecule has 13 heavy (non-hydrogen) atoms. The van der Waals surface area contributed by atoms with Crippen LogP contribution in [-0.2, 0) is 0 Å². The van der Waals surface area contributed by atoms with Crippen LogP contribution in [0.5, 0.6) is 5.75 Å². The van der Waals surface area contributed by atoms with Gasteiger partial charge in [0.1, 0.15) is 17.5 Å². The third-order valence-electron chi connectivity index (χ3n) is 1.35.